The lowest BCUT2D eigenvalue weighted by molar-refractivity contribution is 0.457. The number of nitrogens with zero attached hydrogens (tertiary/aromatic N) is 3. The van der Waals surface area contributed by atoms with Crippen LogP contribution in [0.25, 0.3) is 0 Å². The van der Waals surface area contributed by atoms with Gasteiger partial charge in [0.1, 0.15) is 11.6 Å². The number of pyridine rings is 3. The molecular formula is C55H83F2N3. The topological polar surface area (TPSA) is 38.7 Å². The highest BCUT2D eigenvalue weighted by Crippen LogP contribution is 2.25. The first-order chi connectivity index (χ1) is 28.3. The average molecular weight is 824 g/mol. The molecule has 0 aliphatic carbocycles. The number of hydrogen-bond acceptors (Lipinski definition) is 3. The fraction of sp³-hybridized carbons (Fsp3) is 0.509. The van der Waals surface area contributed by atoms with Gasteiger partial charge in [0.15, 0.2) is 0 Å². The van der Waals surface area contributed by atoms with Gasteiger partial charge in [-0.15, -0.1) is 0 Å². The normalized spacial score (nSPS) is 11.6. The van der Waals surface area contributed by atoms with Crippen LogP contribution in [0.15, 0.2) is 122 Å². The Morgan fingerprint density at radius 2 is 0.850 bits per heavy atom. The van der Waals surface area contributed by atoms with Crippen LogP contribution in [0.5, 0.6) is 0 Å². The molecule has 0 unspecified atom stereocenters. The summed E-state index contributed by atoms with van der Waals surface area (Å²) < 4.78 is 26.1. The largest absolute Gasteiger partial charge is 0.261 e. The molecule has 3 nitrogen and oxygen atoms in total. The fourth-order valence-corrected chi connectivity index (χ4v) is 5.17. The van der Waals surface area contributed by atoms with E-state index in [0.29, 0.717) is 47.6 Å². The summed E-state index contributed by atoms with van der Waals surface area (Å²) in [5, 5.41) is 0. The molecule has 2 atom stereocenters. The quantitative estimate of drug-likeness (QED) is 0.133. The van der Waals surface area contributed by atoms with Gasteiger partial charge in [0.2, 0.25) is 0 Å². The maximum Gasteiger partial charge on any atom is 0.144 e. The highest BCUT2D eigenvalue weighted by atomic mass is 19.1. The molecule has 60 heavy (non-hydrogen) atoms. The van der Waals surface area contributed by atoms with Crippen LogP contribution in [-0.4, -0.2) is 15.0 Å². The lowest BCUT2D eigenvalue weighted by atomic mass is 9.90. The van der Waals surface area contributed by atoms with Gasteiger partial charge in [0.05, 0.1) is 5.69 Å². The number of aromatic nitrogens is 3. The van der Waals surface area contributed by atoms with Crippen LogP contribution in [0, 0.1) is 53.1 Å². The van der Waals surface area contributed by atoms with E-state index in [1.54, 1.807) is 18.3 Å². The third-order valence-corrected chi connectivity index (χ3v) is 10.1. The van der Waals surface area contributed by atoms with Crippen molar-refractivity contribution in [1.82, 2.24) is 15.0 Å². The molecule has 0 N–H and O–H groups in total. The molecule has 0 fully saturated rings. The second-order valence-electron chi connectivity index (χ2n) is 18.4. The number of hydrogen-bond donors (Lipinski definition) is 0. The van der Waals surface area contributed by atoms with Crippen molar-refractivity contribution in [2.45, 2.75) is 142 Å². The predicted molar refractivity (Wildman–Crippen MR) is 257 cm³/mol. The summed E-state index contributed by atoms with van der Waals surface area (Å²) in [6, 6.07) is 32.8. The maximum absolute atomic E-state index is 13.2. The molecule has 5 aromatic rings. The second kappa shape index (κ2) is 32.5. The van der Waals surface area contributed by atoms with Crippen molar-refractivity contribution in [2.24, 2.45) is 41.4 Å². The zero-order valence-electron chi connectivity index (χ0n) is 40.5. The van der Waals surface area contributed by atoms with E-state index in [2.05, 4.69) is 154 Å². The van der Waals surface area contributed by atoms with Gasteiger partial charge in [-0.2, -0.15) is 0 Å². The number of rotatable bonds is 11. The monoisotopic (exact) mass is 824 g/mol. The lowest BCUT2D eigenvalue weighted by Crippen LogP contribution is -2.03. The van der Waals surface area contributed by atoms with Crippen LogP contribution in [-0.2, 0) is 19.3 Å². The van der Waals surface area contributed by atoms with Crippen molar-refractivity contribution in [3.05, 3.63) is 162 Å². The summed E-state index contributed by atoms with van der Waals surface area (Å²) in [7, 11) is 0. The molecule has 0 bridgehead atoms. The minimum absolute atomic E-state index is 0.0845. The zero-order valence-corrected chi connectivity index (χ0v) is 40.5. The Labute approximate surface area is 367 Å². The molecule has 0 saturated carbocycles. The van der Waals surface area contributed by atoms with Gasteiger partial charge in [-0.05, 0) is 120 Å². The standard InChI is InChI=1S/C11H15F.C10H15N.C10H14.C9H12FN.C9H13N.C6H14/c1-8(2)9(3)10-6-4-5-7-11(10)12;1-8(2)9(3)10-6-4-5-7-11-10;1-9(2)8-10-6-4-3-5-7-10;1-7(2)6-9-8(10)4-3-5-11-9;1-8(2)7-9-5-3-4-6-10-9;1-5(2)6(3)4/h4-9H,1-3H3;4-9H,1-3H3;3-7,9H,8H2,1-2H3;3-5,7H,6H2,1-2H3;3-6,8H,7H2,1-2H3;5-6H,1-4H3/t2*9-;;;;/m10..../s1. The first-order valence-electron chi connectivity index (χ1n) is 22.4. The summed E-state index contributed by atoms with van der Waals surface area (Å²) in [6.07, 6.45) is 8.32. The maximum atomic E-state index is 13.2. The van der Waals surface area contributed by atoms with Crippen molar-refractivity contribution in [2.75, 3.05) is 0 Å². The highest BCUT2D eigenvalue weighted by molar-refractivity contribution is 5.21. The fourth-order valence-electron chi connectivity index (χ4n) is 5.17. The summed E-state index contributed by atoms with van der Waals surface area (Å²) in [5.41, 5.74) is 5.23. The first kappa shape index (κ1) is 55.8. The van der Waals surface area contributed by atoms with Gasteiger partial charge in [-0.25, -0.2) is 8.78 Å². The highest BCUT2D eigenvalue weighted by Gasteiger charge is 2.13. The van der Waals surface area contributed by atoms with Crippen LogP contribution < -0.4 is 0 Å². The van der Waals surface area contributed by atoms with Crippen LogP contribution in [0.3, 0.4) is 0 Å². The summed E-state index contributed by atoms with van der Waals surface area (Å²) in [5.74, 6) is 5.38. The van der Waals surface area contributed by atoms with Crippen LogP contribution in [0.4, 0.5) is 8.78 Å². The van der Waals surface area contributed by atoms with Crippen LogP contribution >= 0.6 is 0 Å². The SMILES string of the molecule is CC(C)C(C)C.CC(C)Cc1ccccc1.CC(C)Cc1ccccn1.CC(C)Cc1ncccc1F.CC(C)[C@@H](C)c1ccccc1F.CC(C)[C@H](C)c1ccccn1. The molecule has 0 spiro atoms. The van der Waals surface area contributed by atoms with Gasteiger partial charge < -0.3 is 0 Å². The Bertz CT molecular complexity index is 1670. The molecule has 0 radical (unpaired) electrons. The number of halogens is 2. The molecule has 5 heteroatoms. The Morgan fingerprint density at radius 3 is 1.28 bits per heavy atom. The van der Waals surface area contributed by atoms with Crippen molar-refractivity contribution in [3.8, 4) is 0 Å². The molecule has 5 rings (SSSR count). The molecule has 0 aliphatic heterocycles. The molecule has 2 aromatic carbocycles. The van der Waals surface area contributed by atoms with Gasteiger partial charge >= 0.3 is 0 Å². The van der Waals surface area contributed by atoms with E-state index in [4.69, 9.17) is 0 Å². The first-order valence-corrected chi connectivity index (χ1v) is 22.4. The average Bonchev–Trinajstić information content (AvgIpc) is 3.20. The Kier molecular flexibility index (Phi) is 30.2. The predicted octanol–water partition coefficient (Wildman–Crippen LogP) is 16.3. The molecule has 0 aliphatic rings. The minimum Gasteiger partial charge on any atom is -0.261 e. The van der Waals surface area contributed by atoms with Crippen LogP contribution in [0.1, 0.15) is 151 Å². The van der Waals surface area contributed by atoms with Gasteiger partial charge in [0, 0.05) is 35.9 Å². The zero-order chi connectivity index (χ0) is 45.6. The van der Waals surface area contributed by atoms with Crippen molar-refractivity contribution in [1.29, 1.82) is 0 Å². The van der Waals surface area contributed by atoms with E-state index in [1.807, 2.05) is 62.6 Å². The third kappa shape index (κ3) is 27.5. The van der Waals surface area contributed by atoms with Gasteiger partial charge in [-0.3, -0.25) is 15.0 Å². The molecule has 3 heterocycles. The molecule has 332 valence electrons. The summed E-state index contributed by atoms with van der Waals surface area (Å²) in [4.78, 5) is 12.5. The van der Waals surface area contributed by atoms with E-state index in [9.17, 15) is 8.78 Å². The minimum atomic E-state index is -0.193. The van der Waals surface area contributed by atoms with Gasteiger partial charge in [-0.1, -0.05) is 171 Å². The second-order valence-corrected chi connectivity index (χ2v) is 18.4. The van der Waals surface area contributed by atoms with Crippen molar-refractivity contribution >= 4 is 0 Å². The van der Waals surface area contributed by atoms with E-state index in [0.717, 1.165) is 29.7 Å². The third-order valence-electron chi connectivity index (χ3n) is 10.1. The molecule has 0 amide bonds. The molecular weight excluding hydrogens is 741 g/mol. The molecule has 0 saturated heterocycles. The van der Waals surface area contributed by atoms with Crippen molar-refractivity contribution in [3.63, 3.8) is 0 Å². The van der Waals surface area contributed by atoms with E-state index >= 15 is 0 Å². The van der Waals surface area contributed by atoms with Gasteiger partial charge in [0.25, 0.3) is 0 Å². The lowest BCUT2D eigenvalue weighted by Gasteiger charge is -2.16. The van der Waals surface area contributed by atoms with Crippen LogP contribution in [0.2, 0.25) is 0 Å². The van der Waals surface area contributed by atoms with E-state index < -0.39 is 0 Å². The smallest absolute Gasteiger partial charge is 0.144 e. The van der Waals surface area contributed by atoms with E-state index in [-0.39, 0.29) is 11.6 Å². The summed E-state index contributed by atoms with van der Waals surface area (Å²) in [6.45, 7) is 34.9. The van der Waals surface area contributed by atoms with Crippen molar-refractivity contribution < 1.29 is 8.78 Å². The van der Waals surface area contributed by atoms with E-state index in [1.165, 1.54) is 35.5 Å². The Hall–Kier alpha value is -4.25. The Balaban J connectivity index is 0.000000703. The Morgan fingerprint density at radius 1 is 0.383 bits per heavy atom. The number of benzene rings is 2. The summed E-state index contributed by atoms with van der Waals surface area (Å²) >= 11 is 0. The molecule has 3 aromatic heterocycles.